The van der Waals surface area contributed by atoms with Gasteiger partial charge in [0, 0.05) is 66.9 Å². The molecule has 2 N–H and O–H groups in total. The summed E-state index contributed by atoms with van der Waals surface area (Å²) >= 11 is 0. The van der Waals surface area contributed by atoms with Gasteiger partial charge in [0.25, 0.3) is 0 Å². The Labute approximate surface area is 362 Å². The second-order valence-corrected chi connectivity index (χ2v) is 17.7. The molecule has 4 rings (SSSR count). The van der Waals surface area contributed by atoms with Crippen LogP contribution in [0.2, 0.25) is 0 Å². The molecule has 0 saturated heterocycles. The van der Waals surface area contributed by atoms with Crippen LogP contribution in [-0.2, 0) is 40.6 Å². The molecule has 3 aromatic rings. The van der Waals surface area contributed by atoms with Gasteiger partial charge in [-0.15, -0.1) is 0 Å². The number of hydrogen-bond acceptors (Lipinski definition) is 14. The Morgan fingerprint density at radius 3 is 2.00 bits per heavy atom. The van der Waals surface area contributed by atoms with E-state index in [0.29, 0.717) is 22.3 Å². The molecule has 0 aliphatic carbocycles. The minimum absolute atomic E-state index is 0. The van der Waals surface area contributed by atoms with Crippen LogP contribution in [0.3, 0.4) is 0 Å². The van der Waals surface area contributed by atoms with Crippen LogP contribution in [0.25, 0.3) is 17.0 Å². The van der Waals surface area contributed by atoms with E-state index < -0.39 is 58.0 Å². The first-order valence-electron chi connectivity index (χ1n) is 18.2. The molecule has 0 saturated carbocycles. The zero-order valence-electron chi connectivity index (χ0n) is 33.8. The molecule has 1 aromatic heterocycles. The van der Waals surface area contributed by atoms with Gasteiger partial charge in [-0.3, -0.25) is 4.79 Å². The molecule has 0 bridgehead atoms. The number of anilines is 1. The first kappa shape index (κ1) is 52.6. The van der Waals surface area contributed by atoms with E-state index >= 15 is 0 Å². The van der Waals surface area contributed by atoms with E-state index in [1.165, 1.54) is 37.6 Å². The number of aromatic hydroxyl groups is 1. The van der Waals surface area contributed by atoms with Crippen LogP contribution in [0, 0.1) is 0 Å². The molecule has 2 aromatic carbocycles. The van der Waals surface area contributed by atoms with Crippen molar-refractivity contribution in [2.24, 2.45) is 0 Å². The Bertz CT molecular complexity index is 2390. The summed E-state index contributed by atoms with van der Waals surface area (Å²) in [5.41, 5.74) is 0.524. The summed E-state index contributed by atoms with van der Waals surface area (Å²) in [6.45, 7) is 12.8. The molecule has 0 radical (unpaired) electrons. The van der Waals surface area contributed by atoms with Crippen LogP contribution in [0.4, 0.5) is 11.4 Å². The fourth-order valence-electron chi connectivity index (χ4n) is 6.10. The molecule has 1 unspecified atom stereocenters. The maximum absolute atomic E-state index is 12.9. The van der Waals surface area contributed by atoms with Gasteiger partial charge in [-0.05, 0) is 64.0 Å². The molecule has 1 aliphatic heterocycles. The summed E-state index contributed by atoms with van der Waals surface area (Å²) in [4.78, 5) is 25.8. The van der Waals surface area contributed by atoms with Crippen molar-refractivity contribution in [3.8, 4) is 5.75 Å². The number of aliphatic carboxylic acids is 1. The first-order chi connectivity index (χ1) is 26.5. The molecular formula is C38H50N2NaO14S3-. The summed E-state index contributed by atoms with van der Waals surface area (Å²) in [7, 11) is -13.3. The Kier molecular flexibility index (Phi) is 20.7. The van der Waals surface area contributed by atoms with Crippen molar-refractivity contribution >= 4 is 70.5 Å². The normalized spacial score (nSPS) is 15.4. The molecule has 316 valence electrons. The molecule has 1 atom stereocenters. The zero-order valence-corrected chi connectivity index (χ0v) is 38.2. The Balaban J connectivity index is 0.00000152. The fraction of sp³-hybridized carbons (Fsp3) is 0.447. The zero-order chi connectivity index (χ0) is 43.4. The maximum atomic E-state index is 12.9. The van der Waals surface area contributed by atoms with Crippen molar-refractivity contribution in [2.45, 2.75) is 84.0 Å². The van der Waals surface area contributed by atoms with Crippen LogP contribution in [0.1, 0.15) is 84.8 Å². The number of carboxylic acids is 1. The summed E-state index contributed by atoms with van der Waals surface area (Å²) < 4.78 is 105. The van der Waals surface area contributed by atoms with E-state index in [1.807, 2.05) is 19.9 Å². The van der Waals surface area contributed by atoms with Gasteiger partial charge in [-0.1, -0.05) is 39.3 Å². The smallest absolute Gasteiger partial charge is 0.748 e. The van der Waals surface area contributed by atoms with Gasteiger partial charge in [0.05, 0.1) is 35.9 Å². The summed E-state index contributed by atoms with van der Waals surface area (Å²) in [6, 6.07) is 8.96. The van der Waals surface area contributed by atoms with Crippen molar-refractivity contribution in [3.05, 3.63) is 76.2 Å². The number of nitrogens with zero attached hydrogens (tertiary/aromatic N) is 2. The average Bonchev–Trinajstić information content (AvgIpc) is 3.33. The quantitative estimate of drug-likeness (QED) is 0.0686. The van der Waals surface area contributed by atoms with E-state index in [9.17, 15) is 58.7 Å². The molecule has 0 amide bonds. The minimum atomic E-state index is -4.85. The van der Waals surface area contributed by atoms with Gasteiger partial charge in [0.1, 0.15) is 33.6 Å². The van der Waals surface area contributed by atoms with Crippen molar-refractivity contribution in [3.63, 3.8) is 0 Å². The molecule has 20 heteroatoms. The number of carboxylic acid groups (broad SMARTS) is 1. The molecule has 2 heterocycles. The molecule has 0 fully saturated rings. The number of fused-ring (bicyclic) bond motifs is 2. The van der Waals surface area contributed by atoms with Crippen molar-refractivity contribution in [2.75, 3.05) is 36.0 Å². The fourth-order valence-corrected chi connectivity index (χ4v) is 7.08. The molecular weight excluding hydrogens is 828 g/mol. The average molecular weight is 878 g/mol. The standard InChI is InChI=1S/C33H38N2O11S2.C3H8.C2H6O3S.Na/c1-4-34(5-2)22-13-15-24-28(20-22)46-32(39)25(31(24)38)10-6-7-11-29-33(3,17-8-12-30(36)37)26-21-23(48(43,44)45)14-16-27(26)35(29)18-9-19-47(40,41)42;1-3-2;1-2-6(3,4)5;/h6-7,10-11,13-16,20-21H,4-5,8-9,12,17-19H2,1-3H3,(H3,36,37,40,41,42,43,44,45);3H2,1-2H3;2H2,1H3,(H,3,4,5);/q;;;+1/p-2. The summed E-state index contributed by atoms with van der Waals surface area (Å²) in [5, 5.41) is 20.6. The number of rotatable bonds is 16. The third-order valence-electron chi connectivity index (χ3n) is 8.85. The van der Waals surface area contributed by atoms with Gasteiger partial charge >= 0.3 is 41.2 Å². The third kappa shape index (κ3) is 15.0. The first-order valence-corrected chi connectivity index (χ1v) is 22.8. The monoisotopic (exact) mass is 877 g/mol. The van der Waals surface area contributed by atoms with Gasteiger partial charge in [-0.25, -0.2) is 30.0 Å². The van der Waals surface area contributed by atoms with Crippen LogP contribution < -0.4 is 40.1 Å². The molecule has 58 heavy (non-hydrogen) atoms. The van der Waals surface area contributed by atoms with Crippen LogP contribution in [0.5, 0.6) is 5.75 Å². The Morgan fingerprint density at radius 2 is 1.48 bits per heavy atom. The summed E-state index contributed by atoms with van der Waals surface area (Å²) in [5.74, 6) is -2.29. The van der Waals surface area contributed by atoms with Crippen molar-refractivity contribution in [1.29, 1.82) is 0 Å². The van der Waals surface area contributed by atoms with Crippen molar-refractivity contribution in [1.82, 2.24) is 0 Å². The van der Waals surface area contributed by atoms with E-state index in [0.717, 1.165) is 24.8 Å². The van der Waals surface area contributed by atoms with Crippen molar-refractivity contribution < 1.29 is 92.5 Å². The predicted molar refractivity (Wildman–Crippen MR) is 214 cm³/mol. The van der Waals surface area contributed by atoms with E-state index in [4.69, 9.17) is 4.42 Å². The van der Waals surface area contributed by atoms with E-state index in [1.54, 1.807) is 35.8 Å². The van der Waals surface area contributed by atoms with Gasteiger partial charge in [0.2, 0.25) is 5.69 Å². The van der Waals surface area contributed by atoms with Gasteiger partial charge in [0.15, 0.2) is 5.71 Å². The summed E-state index contributed by atoms with van der Waals surface area (Å²) in [6.07, 6.45) is 7.38. The minimum Gasteiger partial charge on any atom is -0.748 e. The van der Waals surface area contributed by atoms with Crippen LogP contribution in [0.15, 0.2) is 68.7 Å². The maximum Gasteiger partial charge on any atom is 1.00 e. The molecule has 1 aliphatic rings. The number of benzene rings is 2. The second-order valence-electron chi connectivity index (χ2n) is 13.1. The second kappa shape index (κ2) is 22.8. The van der Waals surface area contributed by atoms with Crippen LogP contribution in [-0.4, -0.2) is 96.5 Å². The SMILES string of the molecule is CCC.CCN(CC)c1ccc2c(O)c(/C=C/C=C/C3=[N+](CCCS(=O)(=O)[O-])c4ccc(S(=O)(=O)[O-])cc4C3(C)CCCC(=O)O)c(=O)oc2c1.CCS(=O)(=O)[O-].[Na+]. The topological polar surface area (TPSA) is 266 Å². The molecule has 16 nitrogen and oxygen atoms in total. The van der Waals surface area contributed by atoms with Gasteiger partial charge in [-0.2, -0.15) is 4.58 Å². The number of hydrogen-bond donors (Lipinski definition) is 2. The molecule has 0 spiro atoms. The largest absolute Gasteiger partial charge is 1.00 e. The third-order valence-corrected chi connectivity index (χ3v) is 11.2. The Hall–Kier alpha value is -3.40. The predicted octanol–water partition coefficient (Wildman–Crippen LogP) is 2.04. The number of allylic oxidation sites excluding steroid dienone is 3. The van der Waals surface area contributed by atoms with Crippen LogP contribution >= 0.6 is 0 Å². The Morgan fingerprint density at radius 1 is 0.897 bits per heavy atom. The van der Waals surface area contributed by atoms with E-state index in [2.05, 4.69) is 18.7 Å². The number of carbonyl (C=O) groups is 1. The van der Waals surface area contributed by atoms with E-state index in [-0.39, 0.29) is 84.4 Å². The van der Waals surface area contributed by atoms with Gasteiger partial charge < -0.3 is 33.2 Å².